The number of aryl methyl sites for hydroxylation is 2. The summed E-state index contributed by atoms with van der Waals surface area (Å²) in [7, 11) is -3.65. The number of carbonyl (C=O) groups is 2. The smallest absolute Gasteiger partial charge is 0.250 e. The van der Waals surface area contributed by atoms with E-state index in [1.54, 1.807) is 55.5 Å². The summed E-state index contributed by atoms with van der Waals surface area (Å²) in [6.45, 7) is 7.66. The normalized spacial score (nSPS) is 11.2. The lowest BCUT2D eigenvalue weighted by Gasteiger charge is -2.22. The SMILES string of the molecule is CCOCC(=O)Nc1c(C)cc(C)c(C(=O)P(=O)(c2ccccc2)c2ccccc2)c1C. The Balaban J connectivity index is 2.17. The van der Waals surface area contributed by atoms with Crippen LogP contribution in [0.4, 0.5) is 5.69 Å². The maximum absolute atomic E-state index is 14.5. The van der Waals surface area contributed by atoms with E-state index in [1.165, 1.54) is 0 Å². The highest BCUT2D eigenvalue weighted by Gasteiger charge is 2.38. The number of ether oxygens (including phenoxy) is 1. The maximum Gasteiger partial charge on any atom is 0.250 e. The second-order valence-corrected chi connectivity index (χ2v) is 10.3. The van der Waals surface area contributed by atoms with Gasteiger partial charge in [-0.3, -0.25) is 9.59 Å². The number of anilines is 1. The fraction of sp³-hybridized carbons (Fsp3) is 0.231. The van der Waals surface area contributed by atoms with Crippen LogP contribution in [0.3, 0.4) is 0 Å². The van der Waals surface area contributed by atoms with Crippen LogP contribution in [0.5, 0.6) is 0 Å². The number of amides is 1. The van der Waals surface area contributed by atoms with Gasteiger partial charge in [-0.15, -0.1) is 0 Å². The summed E-state index contributed by atoms with van der Waals surface area (Å²) in [4.78, 5) is 26.3. The molecule has 0 radical (unpaired) electrons. The first-order valence-corrected chi connectivity index (χ1v) is 12.3. The Morgan fingerprint density at radius 1 is 0.875 bits per heavy atom. The molecule has 0 spiro atoms. The minimum absolute atomic E-state index is 0.0704. The Bertz CT molecular complexity index is 1130. The van der Waals surface area contributed by atoms with Crippen LogP contribution in [0.15, 0.2) is 66.7 Å². The zero-order chi connectivity index (χ0) is 23.3. The number of carbonyl (C=O) groups excluding carboxylic acids is 2. The molecule has 1 amide bonds. The molecule has 0 heterocycles. The quantitative estimate of drug-likeness (QED) is 0.504. The summed E-state index contributed by atoms with van der Waals surface area (Å²) < 4.78 is 19.7. The fourth-order valence-corrected chi connectivity index (χ4v) is 6.50. The van der Waals surface area contributed by atoms with Crippen LogP contribution in [-0.4, -0.2) is 24.6 Å². The first-order chi connectivity index (χ1) is 15.3. The van der Waals surface area contributed by atoms with E-state index < -0.39 is 12.7 Å². The molecule has 32 heavy (non-hydrogen) atoms. The highest BCUT2D eigenvalue weighted by molar-refractivity contribution is 7.93. The van der Waals surface area contributed by atoms with Crippen LogP contribution < -0.4 is 15.9 Å². The minimum Gasteiger partial charge on any atom is -0.372 e. The number of benzene rings is 3. The molecule has 0 saturated carbocycles. The van der Waals surface area contributed by atoms with Crippen LogP contribution in [-0.2, 0) is 14.1 Å². The molecule has 0 aliphatic rings. The summed E-state index contributed by atoms with van der Waals surface area (Å²) in [5.74, 6) is -0.297. The van der Waals surface area contributed by atoms with Crippen LogP contribution >= 0.6 is 7.14 Å². The van der Waals surface area contributed by atoms with Crippen LogP contribution in [0, 0.1) is 20.8 Å². The largest absolute Gasteiger partial charge is 0.372 e. The summed E-state index contributed by atoms with van der Waals surface area (Å²) in [6.07, 6.45) is 0. The zero-order valence-corrected chi connectivity index (χ0v) is 19.7. The van der Waals surface area contributed by atoms with Crippen LogP contribution in [0.1, 0.15) is 34.0 Å². The Morgan fingerprint density at radius 2 is 1.41 bits per heavy atom. The molecule has 0 atom stereocenters. The number of hydrogen-bond acceptors (Lipinski definition) is 4. The van der Waals surface area contributed by atoms with Gasteiger partial charge in [-0.2, -0.15) is 0 Å². The Hall–Kier alpha value is -3.01. The summed E-state index contributed by atoms with van der Waals surface area (Å²) in [5.41, 5.74) is 2.64. The molecule has 0 fully saturated rings. The predicted octanol–water partition coefficient (Wildman–Crippen LogP) is 4.74. The Morgan fingerprint density at radius 3 is 1.91 bits per heavy atom. The van der Waals surface area contributed by atoms with E-state index in [1.807, 2.05) is 39.0 Å². The first-order valence-electron chi connectivity index (χ1n) is 10.5. The van der Waals surface area contributed by atoms with Crippen molar-refractivity contribution < 1.29 is 18.9 Å². The molecule has 3 rings (SSSR count). The minimum atomic E-state index is -3.65. The molecule has 0 bridgehead atoms. The third kappa shape index (κ3) is 4.59. The van der Waals surface area contributed by atoms with Crippen molar-refractivity contribution in [3.8, 4) is 0 Å². The van der Waals surface area contributed by atoms with Gasteiger partial charge in [0, 0.05) is 28.5 Å². The number of hydrogen-bond donors (Lipinski definition) is 1. The molecular weight excluding hydrogens is 421 g/mol. The second kappa shape index (κ2) is 10.1. The molecule has 0 saturated heterocycles. The van der Waals surface area contributed by atoms with Crippen molar-refractivity contribution in [2.75, 3.05) is 18.5 Å². The van der Waals surface area contributed by atoms with Crippen LogP contribution in [0.25, 0.3) is 0 Å². The molecule has 5 nitrogen and oxygen atoms in total. The van der Waals surface area contributed by atoms with Gasteiger partial charge in [-0.1, -0.05) is 66.7 Å². The van der Waals surface area contributed by atoms with E-state index >= 15 is 0 Å². The number of nitrogens with one attached hydrogen (secondary N) is 1. The lowest BCUT2D eigenvalue weighted by atomic mass is 9.98. The molecule has 6 heteroatoms. The third-order valence-corrected chi connectivity index (χ3v) is 8.26. The summed E-state index contributed by atoms with van der Waals surface area (Å²) >= 11 is 0. The molecule has 0 aliphatic carbocycles. The molecule has 166 valence electrons. The van der Waals surface area contributed by atoms with Gasteiger partial charge in [-0.25, -0.2) is 0 Å². The van der Waals surface area contributed by atoms with E-state index in [0.29, 0.717) is 34.0 Å². The monoisotopic (exact) mass is 449 g/mol. The van der Waals surface area contributed by atoms with Crippen molar-refractivity contribution in [3.63, 3.8) is 0 Å². The highest BCUT2D eigenvalue weighted by Crippen LogP contribution is 2.48. The molecule has 0 aliphatic heterocycles. The Labute approximate surface area is 189 Å². The molecule has 3 aromatic carbocycles. The third-order valence-electron chi connectivity index (χ3n) is 5.41. The van der Waals surface area contributed by atoms with Crippen molar-refractivity contribution >= 4 is 34.9 Å². The van der Waals surface area contributed by atoms with Crippen molar-refractivity contribution in [1.29, 1.82) is 0 Å². The van der Waals surface area contributed by atoms with Gasteiger partial charge < -0.3 is 14.6 Å². The number of rotatable bonds is 8. The lowest BCUT2D eigenvalue weighted by Crippen LogP contribution is -2.25. The van der Waals surface area contributed by atoms with E-state index in [9.17, 15) is 14.2 Å². The van der Waals surface area contributed by atoms with Gasteiger partial charge in [0.25, 0.3) is 0 Å². The van der Waals surface area contributed by atoms with Gasteiger partial charge in [0.1, 0.15) is 6.61 Å². The lowest BCUT2D eigenvalue weighted by molar-refractivity contribution is -0.120. The molecule has 3 aromatic rings. The standard InChI is InChI=1S/C26H28NO4P/c1-5-31-17-23(28)27-25-19(3)16-18(2)24(20(25)4)26(29)32(30,21-12-8-6-9-13-21)22-14-10-7-11-15-22/h6-16H,5,17H2,1-4H3,(H,27,28). The second-order valence-electron chi connectivity index (χ2n) is 7.66. The van der Waals surface area contributed by atoms with Crippen molar-refractivity contribution in [1.82, 2.24) is 0 Å². The van der Waals surface area contributed by atoms with Gasteiger partial charge in [0.2, 0.25) is 18.6 Å². The summed E-state index contributed by atoms with van der Waals surface area (Å²) in [5, 5.41) is 3.83. The summed E-state index contributed by atoms with van der Waals surface area (Å²) in [6, 6.07) is 19.6. The van der Waals surface area contributed by atoms with Crippen molar-refractivity contribution in [2.45, 2.75) is 27.7 Å². The van der Waals surface area contributed by atoms with Crippen molar-refractivity contribution in [3.05, 3.63) is 89.0 Å². The van der Waals surface area contributed by atoms with Gasteiger partial charge in [0.15, 0.2) is 0 Å². The molecule has 1 N–H and O–H groups in total. The fourth-order valence-electron chi connectivity index (χ4n) is 3.89. The molecule has 0 unspecified atom stereocenters. The van der Waals surface area contributed by atoms with E-state index in [-0.39, 0.29) is 12.5 Å². The Kier molecular flexibility index (Phi) is 7.44. The molecular formula is C26H28NO4P. The van der Waals surface area contributed by atoms with E-state index in [0.717, 1.165) is 11.1 Å². The van der Waals surface area contributed by atoms with Gasteiger partial charge in [0.05, 0.1) is 0 Å². The van der Waals surface area contributed by atoms with Gasteiger partial charge >= 0.3 is 0 Å². The van der Waals surface area contributed by atoms with E-state index in [4.69, 9.17) is 4.74 Å². The van der Waals surface area contributed by atoms with Crippen LogP contribution in [0.2, 0.25) is 0 Å². The average Bonchev–Trinajstić information content (AvgIpc) is 2.80. The zero-order valence-electron chi connectivity index (χ0n) is 18.8. The van der Waals surface area contributed by atoms with Crippen molar-refractivity contribution in [2.24, 2.45) is 0 Å². The van der Waals surface area contributed by atoms with E-state index in [2.05, 4.69) is 5.32 Å². The van der Waals surface area contributed by atoms with Gasteiger partial charge in [-0.05, 0) is 44.4 Å². The maximum atomic E-state index is 14.5. The average molecular weight is 449 g/mol. The highest BCUT2D eigenvalue weighted by atomic mass is 31.2. The first kappa shape index (κ1) is 23.6. The molecule has 0 aromatic heterocycles. The predicted molar refractivity (Wildman–Crippen MR) is 130 cm³/mol. The topological polar surface area (TPSA) is 72.5 Å².